The largest absolute Gasteiger partial charge is 0.314 e. The van der Waals surface area contributed by atoms with Crippen molar-refractivity contribution in [1.29, 1.82) is 0 Å². The average molecular weight is 200 g/mol. The fourth-order valence-corrected chi connectivity index (χ4v) is 2.13. The highest BCUT2D eigenvalue weighted by Gasteiger charge is 2.17. The van der Waals surface area contributed by atoms with E-state index in [4.69, 9.17) is 0 Å². The molecule has 0 unspecified atom stereocenters. The Morgan fingerprint density at radius 2 is 2.00 bits per heavy atom. The van der Waals surface area contributed by atoms with Gasteiger partial charge in [-0.15, -0.1) is 0 Å². The van der Waals surface area contributed by atoms with Crippen LogP contribution < -0.4 is 5.32 Å². The van der Waals surface area contributed by atoms with Crippen LogP contribution in [0.5, 0.6) is 0 Å². The van der Waals surface area contributed by atoms with Crippen LogP contribution in [0.4, 0.5) is 0 Å². The number of hydrogen-bond donors (Lipinski definition) is 1. The first kappa shape index (κ1) is 12.0. The van der Waals surface area contributed by atoms with Gasteiger partial charge in [-0.2, -0.15) is 0 Å². The van der Waals surface area contributed by atoms with Crippen molar-refractivity contribution in [2.75, 3.05) is 26.2 Å². The molecule has 0 amide bonds. The van der Waals surface area contributed by atoms with Crippen LogP contribution in [0.3, 0.4) is 0 Å². The summed E-state index contributed by atoms with van der Waals surface area (Å²) in [6.07, 6.45) is 4.08. The third kappa shape index (κ3) is 4.43. The molecule has 1 fully saturated rings. The predicted molar refractivity (Wildman–Crippen MR) is 64.7 cm³/mol. The maximum absolute atomic E-state index is 3.54. The minimum Gasteiger partial charge on any atom is -0.314 e. The lowest BCUT2D eigenvalue weighted by Gasteiger charge is -2.32. The Kier molecular flexibility index (Phi) is 5.49. The molecule has 0 spiro atoms. The van der Waals surface area contributed by atoms with Crippen molar-refractivity contribution in [3.05, 3.63) is 0 Å². The maximum Gasteiger partial charge on any atom is 0.00104 e. The van der Waals surface area contributed by atoms with Gasteiger partial charge in [0.05, 0.1) is 0 Å². The first-order valence-electron chi connectivity index (χ1n) is 6.18. The lowest BCUT2D eigenvalue weighted by atomic mass is 9.96. The molecule has 1 rings (SSSR count). The van der Waals surface area contributed by atoms with E-state index in [1.54, 1.807) is 0 Å². The maximum atomic E-state index is 3.54. The van der Waals surface area contributed by atoms with Gasteiger partial charge in [0.25, 0.3) is 0 Å². The van der Waals surface area contributed by atoms with Crippen molar-refractivity contribution in [3.8, 4) is 0 Å². The second kappa shape index (κ2) is 6.41. The van der Waals surface area contributed by atoms with Crippen molar-refractivity contribution < 1.29 is 1.43 Å². The Bertz CT molecular complexity index is 143. The van der Waals surface area contributed by atoms with Gasteiger partial charge < -0.3 is 10.2 Å². The molecule has 1 aliphatic heterocycles. The van der Waals surface area contributed by atoms with E-state index in [0.29, 0.717) is 6.04 Å². The van der Waals surface area contributed by atoms with Crippen LogP contribution in [0, 0.1) is 5.92 Å². The third-order valence-electron chi connectivity index (χ3n) is 3.06. The summed E-state index contributed by atoms with van der Waals surface area (Å²) in [5, 5.41) is 3.54. The standard InChI is InChI=1S/C12H26N2.H2/c1-4-7-14-8-5-12(6-9-14)10-13-11(2)3;/h11-13H,4-10H2,1-3H3;1H. The first-order chi connectivity index (χ1) is 6.72. The molecule has 0 aliphatic carbocycles. The van der Waals surface area contributed by atoms with Gasteiger partial charge in [-0.3, -0.25) is 0 Å². The topological polar surface area (TPSA) is 15.3 Å². The fraction of sp³-hybridized carbons (Fsp3) is 1.00. The highest BCUT2D eigenvalue weighted by atomic mass is 15.1. The summed E-state index contributed by atoms with van der Waals surface area (Å²) in [5.41, 5.74) is 0. The smallest absolute Gasteiger partial charge is 0.00104 e. The molecule has 0 aromatic rings. The van der Waals surface area contributed by atoms with E-state index in [1.807, 2.05) is 0 Å². The molecule has 1 aliphatic rings. The average Bonchev–Trinajstić information content (AvgIpc) is 2.17. The molecule has 2 nitrogen and oxygen atoms in total. The summed E-state index contributed by atoms with van der Waals surface area (Å²) >= 11 is 0. The van der Waals surface area contributed by atoms with Crippen LogP contribution in [0.15, 0.2) is 0 Å². The van der Waals surface area contributed by atoms with Crippen molar-refractivity contribution in [3.63, 3.8) is 0 Å². The van der Waals surface area contributed by atoms with E-state index in [-0.39, 0.29) is 1.43 Å². The second-order valence-electron chi connectivity index (χ2n) is 4.85. The SMILES string of the molecule is CCCN1CCC(CNC(C)C)CC1.[HH]. The number of hydrogen-bond acceptors (Lipinski definition) is 2. The summed E-state index contributed by atoms with van der Waals surface area (Å²) in [7, 11) is 0. The summed E-state index contributed by atoms with van der Waals surface area (Å²) in [6.45, 7) is 11.9. The number of likely N-dealkylation sites (tertiary alicyclic amines) is 1. The molecule has 0 bridgehead atoms. The van der Waals surface area contributed by atoms with Crippen LogP contribution >= 0.6 is 0 Å². The van der Waals surface area contributed by atoms with Crippen LogP contribution in [0.25, 0.3) is 0 Å². The van der Waals surface area contributed by atoms with Crippen LogP contribution in [-0.2, 0) is 0 Å². The normalized spacial score (nSPS) is 20.6. The summed E-state index contributed by atoms with van der Waals surface area (Å²) < 4.78 is 0. The number of piperidine rings is 1. The molecule has 0 radical (unpaired) electrons. The zero-order valence-electron chi connectivity index (χ0n) is 10.1. The van der Waals surface area contributed by atoms with Crippen molar-refractivity contribution >= 4 is 0 Å². The van der Waals surface area contributed by atoms with E-state index >= 15 is 0 Å². The van der Waals surface area contributed by atoms with Crippen molar-refractivity contribution in [2.24, 2.45) is 5.92 Å². The van der Waals surface area contributed by atoms with Gasteiger partial charge in [0.2, 0.25) is 0 Å². The Morgan fingerprint density at radius 3 is 2.50 bits per heavy atom. The Labute approximate surface area is 90.5 Å². The summed E-state index contributed by atoms with van der Waals surface area (Å²) in [6, 6.07) is 0.642. The first-order valence-corrected chi connectivity index (χ1v) is 6.18. The number of nitrogens with zero attached hydrogens (tertiary/aromatic N) is 1. The summed E-state index contributed by atoms with van der Waals surface area (Å²) in [4.78, 5) is 2.60. The van der Waals surface area contributed by atoms with Gasteiger partial charge >= 0.3 is 0 Å². The van der Waals surface area contributed by atoms with E-state index in [2.05, 4.69) is 31.0 Å². The molecular weight excluding hydrogens is 172 g/mol. The van der Waals surface area contributed by atoms with Crippen LogP contribution in [0.2, 0.25) is 0 Å². The lowest BCUT2D eigenvalue weighted by Crippen LogP contribution is -2.38. The van der Waals surface area contributed by atoms with E-state index in [1.165, 1.54) is 45.4 Å². The second-order valence-corrected chi connectivity index (χ2v) is 4.85. The van der Waals surface area contributed by atoms with Gasteiger partial charge in [0, 0.05) is 7.47 Å². The summed E-state index contributed by atoms with van der Waals surface area (Å²) in [5.74, 6) is 0.922. The van der Waals surface area contributed by atoms with Gasteiger partial charge in [-0.1, -0.05) is 20.8 Å². The minimum atomic E-state index is 0. The molecule has 14 heavy (non-hydrogen) atoms. The molecule has 86 valence electrons. The molecule has 1 saturated heterocycles. The minimum absolute atomic E-state index is 0. The number of rotatable bonds is 5. The van der Waals surface area contributed by atoms with E-state index in [0.717, 1.165) is 5.92 Å². The highest BCUT2D eigenvalue weighted by Crippen LogP contribution is 2.16. The van der Waals surface area contributed by atoms with Gasteiger partial charge in [0.15, 0.2) is 0 Å². The van der Waals surface area contributed by atoms with Gasteiger partial charge in [-0.05, 0) is 51.4 Å². The van der Waals surface area contributed by atoms with Crippen molar-refractivity contribution in [2.45, 2.75) is 46.1 Å². The third-order valence-corrected chi connectivity index (χ3v) is 3.06. The van der Waals surface area contributed by atoms with E-state index in [9.17, 15) is 0 Å². The lowest BCUT2D eigenvalue weighted by molar-refractivity contribution is 0.181. The quantitative estimate of drug-likeness (QED) is 0.733. The zero-order valence-corrected chi connectivity index (χ0v) is 10.1. The Morgan fingerprint density at radius 1 is 1.36 bits per heavy atom. The Hall–Kier alpha value is -0.0800. The zero-order chi connectivity index (χ0) is 10.4. The van der Waals surface area contributed by atoms with Crippen LogP contribution in [0.1, 0.15) is 41.5 Å². The molecule has 1 heterocycles. The molecule has 0 saturated carbocycles. The molecule has 0 aromatic carbocycles. The monoisotopic (exact) mass is 200 g/mol. The van der Waals surface area contributed by atoms with Gasteiger partial charge in [0.1, 0.15) is 0 Å². The molecule has 2 heteroatoms. The van der Waals surface area contributed by atoms with Gasteiger partial charge in [-0.25, -0.2) is 0 Å². The highest BCUT2D eigenvalue weighted by molar-refractivity contribution is 4.74. The van der Waals surface area contributed by atoms with Crippen LogP contribution in [-0.4, -0.2) is 37.1 Å². The number of nitrogens with one attached hydrogen (secondary N) is 1. The van der Waals surface area contributed by atoms with Crippen molar-refractivity contribution in [1.82, 2.24) is 10.2 Å². The predicted octanol–water partition coefficient (Wildman–Crippen LogP) is 2.35. The van der Waals surface area contributed by atoms with E-state index < -0.39 is 0 Å². The molecule has 0 atom stereocenters. The molecule has 1 N–H and O–H groups in total. The Balaban J connectivity index is 0.00000196. The molecular formula is C12H28N2. The molecule has 0 aromatic heterocycles. The fourth-order valence-electron chi connectivity index (χ4n) is 2.13.